The molecule has 0 spiro atoms. The van der Waals surface area contributed by atoms with Crippen molar-refractivity contribution < 1.29 is 28.6 Å². The fraction of sp³-hybridized carbons (Fsp3) is 0.364. The molecule has 152 valence electrons. The summed E-state index contributed by atoms with van der Waals surface area (Å²) in [7, 11) is 0. The molecule has 2 N–H and O–H groups in total. The van der Waals surface area contributed by atoms with Gasteiger partial charge in [-0.3, -0.25) is 9.59 Å². The standard InChI is InChI=1S/C22H22FNO5/c1-12-6-11-17(29-12)20(26)18-19(15-4-2-3-5-16(15)23)24(22(28)21(18)27)13-7-9-14(25)10-8-13/h2-6,11,13-14,19,25,27H,7-10H2,1H3. The molecule has 1 aliphatic carbocycles. The van der Waals surface area contributed by atoms with Crippen LogP contribution < -0.4 is 0 Å². The number of benzene rings is 1. The first-order valence-electron chi connectivity index (χ1n) is 9.68. The van der Waals surface area contributed by atoms with E-state index in [1.807, 2.05) is 0 Å². The minimum Gasteiger partial charge on any atom is -0.503 e. The molecule has 1 aliphatic heterocycles. The number of halogens is 1. The van der Waals surface area contributed by atoms with Crippen LogP contribution in [-0.2, 0) is 4.79 Å². The number of hydrogen-bond donors (Lipinski definition) is 2. The van der Waals surface area contributed by atoms with Crippen LogP contribution in [0.1, 0.15) is 53.6 Å². The number of aliphatic hydroxyl groups excluding tert-OH is 2. The zero-order chi connectivity index (χ0) is 20.7. The zero-order valence-electron chi connectivity index (χ0n) is 16.0. The molecule has 1 aromatic carbocycles. The quantitative estimate of drug-likeness (QED) is 0.767. The summed E-state index contributed by atoms with van der Waals surface area (Å²) in [5, 5.41) is 20.4. The van der Waals surface area contributed by atoms with Crippen molar-refractivity contribution in [2.45, 2.75) is 50.8 Å². The Balaban J connectivity index is 1.80. The average molecular weight is 399 g/mol. The molecule has 1 atom stereocenters. The lowest BCUT2D eigenvalue weighted by Gasteiger charge is -2.37. The van der Waals surface area contributed by atoms with Gasteiger partial charge in [-0.2, -0.15) is 0 Å². The number of rotatable bonds is 4. The van der Waals surface area contributed by atoms with Crippen molar-refractivity contribution in [2.24, 2.45) is 0 Å². The van der Waals surface area contributed by atoms with E-state index in [4.69, 9.17) is 4.42 Å². The van der Waals surface area contributed by atoms with Crippen molar-refractivity contribution in [3.63, 3.8) is 0 Å². The molecule has 0 saturated heterocycles. The molecule has 29 heavy (non-hydrogen) atoms. The monoisotopic (exact) mass is 399 g/mol. The Morgan fingerprint density at radius 3 is 2.45 bits per heavy atom. The van der Waals surface area contributed by atoms with Gasteiger partial charge in [0.1, 0.15) is 11.6 Å². The SMILES string of the molecule is Cc1ccc(C(=O)C2=C(O)C(=O)N(C3CCC(O)CC3)C2c2ccccc2F)o1. The van der Waals surface area contributed by atoms with E-state index in [0.717, 1.165) is 0 Å². The number of nitrogens with zero attached hydrogens (tertiary/aromatic N) is 1. The molecule has 0 radical (unpaired) electrons. The summed E-state index contributed by atoms with van der Waals surface area (Å²) in [6.07, 6.45) is 1.57. The normalized spacial score (nSPS) is 25.0. The second kappa shape index (κ2) is 7.48. The Morgan fingerprint density at radius 1 is 1.14 bits per heavy atom. The Bertz CT molecular complexity index is 987. The molecule has 1 amide bonds. The van der Waals surface area contributed by atoms with Crippen LogP contribution in [0.4, 0.5) is 4.39 Å². The van der Waals surface area contributed by atoms with E-state index in [1.165, 1.54) is 29.2 Å². The first kappa shape index (κ1) is 19.4. The van der Waals surface area contributed by atoms with E-state index in [1.54, 1.807) is 19.1 Å². The van der Waals surface area contributed by atoms with Gasteiger partial charge in [-0.25, -0.2) is 4.39 Å². The number of hydrogen-bond acceptors (Lipinski definition) is 5. The fourth-order valence-electron chi connectivity index (χ4n) is 4.26. The molecule has 0 bridgehead atoms. The molecule has 2 heterocycles. The summed E-state index contributed by atoms with van der Waals surface area (Å²) in [6, 6.07) is 7.63. The van der Waals surface area contributed by atoms with Gasteiger partial charge in [0, 0.05) is 11.6 Å². The van der Waals surface area contributed by atoms with E-state index in [2.05, 4.69) is 0 Å². The van der Waals surface area contributed by atoms with E-state index in [-0.39, 0.29) is 22.9 Å². The van der Waals surface area contributed by atoms with Crippen LogP contribution in [0.15, 0.2) is 52.1 Å². The van der Waals surface area contributed by atoms with E-state index < -0.39 is 35.4 Å². The number of furan rings is 1. The maximum atomic E-state index is 14.7. The Morgan fingerprint density at radius 2 is 1.83 bits per heavy atom. The molecule has 1 unspecified atom stereocenters. The van der Waals surface area contributed by atoms with Crippen molar-refractivity contribution in [3.8, 4) is 0 Å². The molecular weight excluding hydrogens is 377 g/mol. The highest BCUT2D eigenvalue weighted by Crippen LogP contribution is 2.43. The van der Waals surface area contributed by atoms with Crippen LogP contribution >= 0.6 is 0 Å². The Kier molecular flexibility index (Phi) is 5.00. The number of Topliss-reactive ketones (excluding diaryl/α,β-unsaturated/α-hetero) is 1. The largest absolute Gasteiger partial charge is 0.503 e. The van der Waals surface area contributed by atoms with Gasteiger partial charge in [-0.15, -0.1) is 0 Å². The van der Waals surface area contributed by atoms with Gasteiger partial charge in [0.15, 0.2) is 11.5 Å². The predicted octanol–water partition coefficient (Wildman–Crippen LogP) is 3.61. The average Bonchev–Trinajstić information content (AvgIpc) is 3.25. The molecule has 2 aliphatic rings. The van der Waals surface area contributed by atoms with Crippen molar-refractivity contribution >= 4 is 11.7 Å². The highest BCUT2D eigenvalue weighted by atomic mass is 19.1. The smallest absolute Gasteiger partial charge is 0.290 e. The third kappa shape index (κ3) is 3.35. The molecule has 7 heteroatoms. The lowest BCUT2D eigenvalue weighted by atomic mass is 9.89. The number of amides is 1. The highest BCUT2D eigenvalue weighted by molar-refractivity contribution is 6.15. The third-order valence-electron chi connectivity index (χ3n) is 5.71. The minimum absolute atomic E-state index is 0.0147. The van der Waals surface area contributed by atoms with E-state index >= 15 is 0 Å². The Labute approximate surface area is 167 Å². The Hall–Kier alpha value is -2.93. The van der Waals surface area contributed by atoms with Crippen LogP contribution in [0, 0.1) is 12.7 Å². The number of carbonyl (C=O) groups is 2. The van der Waals surface area contributed by atoms with Gasteiger partial charge in [0.05, 0.1) is 17.7 Å². The summed E-state index contributed by atoms with van der Waals surface area (Å²) in [6.45, 7) is 1.68. The summed E-state index contributed by atoms with van der Waals surface area (Å²) >= 11 is 0. The molecule has 1 fully saturated rings. The van der Waals surface area contributed by atoms with Gasteiger partial charge < -0.3 is 19.5 Å². The zero-order valence-corrected chi connectivity index (χ0v) is 16.0. The van der Waals surface area contributed by atoms with E-state index in [0.29, 0.717) is 31.4 Å². The number of ketones is 1. The predicted molar refractivity (Wildman–Crippen MR) is 102 cm³/mol. The maximum absolute atomic E-state index is 14.7. The topological polar surface area (TPSA) is 91.0 Å². The van der Waals surface area contributed by atoms with Crippen molar-refractivity contribution in [3.05, 3.63) is 70.6 Å². The number of aliphatic hydroxyl groups is 2. The molecular formula is C22H22FNO5. The van der Waals surface area contributed by atoms with Gasteiger partial charge in [0.25, 0.3) is 5.91 Å². The van der Waals surface area contributed by atoms with Crippen LogP contribution in [0.25, 0.3) is 0 Å². The first-order chi connectivity index (χ1) is 13.9. The molecule has 6 nitrogen and oxygen atoms in total. The van der Waals surface area contributed by atoms with Crippen LogP contribution in [-0.4, -0.2) is 38.9 Å². The van der Waals surface area contributed by atoms with Gasteiger partial charge in [0.2, 0.25) is 5.78 Å². The van der Waals surface area contributed by atoms with E-state index in [9.17, 15) is 24.2 Å². The molecule has 2 aromatic rings. The van der Waals surface area contributed by atoms with Crippen LogP contribution in [0.2, 0.25) is 0 Å². The summed E-state index contributed by atoms with van der Waals surface area (Å²) < 4.78 is 20.1. The highest BCUT2D eigenvalue weighted by Gasteiger charge is 2.48. The lowest BCUT2D eigenvalue weighted by Crippen LogP contribution is -2.43. The van der Waals surface area contributed by atoms with Gasteiger partial charge in [-0.1, -0.05) is 18.2 Å². The minimum atomic E-state index is -1.05. The van der Waals surface area contributed by atoms with Crippen molar-refractivity contribution in [1.82, 2.24) is 4.90 Å². The van der Waals surface area contributed by atoms with Crippen LogP contribution in [0.5, 0.6) is 0 Å². The molecule has 1 saturated carbocycles. The van der Waals surface area contributed by atoms with Crippen LogP contribution in [0.3, 0.4) is 0 Å². The second-order valence-corrected chi connectivity index (χ2v) is 7.60. The molecule has 4 rings (SSSR count). The lowest BCUT2D eigenvalue weighted by molar-refractivity contribution is -0.133. The second-order valence-electron chi connectivity index (χ2n) is 7.60. The first-order valence-corrected chi connectivity index (χ1v) is 9.68. The van der Waals surface area contributed by atoms with Gasteiger partial charge in [-0.05, 0) is 50.8 Å². The maximum Gasteiger partial charge on any atom is 0.290 e. The third-order valence-corrected chi connectivity index (χ3v) is 5.71. The van der Waals surface area contributed by atoms with Crippen molar-refractivity contribution in [2.75, 3.05) is 0 Å². The number of carbonyl (C=O) groups excluding carboxylic acids is 2. The summed E-state index contributed by atoms with van der Waals surface area (Å²) in [5.41, 5.74) is -0.0387. The summed E-state index contributed by atoms with van der Waals surface area (Å²) in [5.74, 6) is -2.09. The van der Waals surface area contributed by atoms with Crippen molar-refractivity contribution in [1.29, 1.82) is 0 Å². The number of aryl methyl sites for hydroxylation is 1. The fourth-order valence-corrected chi connectivity index (χ4v) is 4.26. The van der Waals surface area contributed by atoms with Gasteiger partial charge >= 0.3 is 0 Å². The molecule has 1 aromatic heterocycles. The summed E-state index contributed by atoms with van der Waals surface area (Å²) in [4.78, 5) is 27.5.